The van der Waals surface area contributed by atoms with Crippen LogP contribution in [0.5, 0.6) is 0 Å². The van der Waals surface area contributed by atoms with Gasteiger partial charge in [0.15, 0.2) is 0 Å². The lowest BCUT2D eigenvalue weighted by Gasteiger charge is -2.42. The number of carbonyl (C=O) groups is 1. The van der Waals surface area contributed by atoms with Crippen molar-refractivity contribution in [2.45, 2.75) is 77.0 Å². The lowest BCUT2D eigenvalue weighted by molar-refractivity contribution is 0.0526. The molecule has 1 aliphatic rings. The maximum Gasteiger partial charge on any atom is 0.338 e. The standard InChI is InChI=1S/C34H40O2/c1-6-36-32(35)28-18-14-26(15-19-28)13-17-27(16-12-25-10-8-7-9-11-25)29-20-21-30-31(24-29)34(4,5)23-22-33(30,2)3/h7-11,13-15,17-21,24,27H,6,12,16,22-23H2,1-5H3. The summed E-state index contributed by atoms with van der Waals surface area (Å²) in [6.07, 6.45) is 9.05. The Labute approximate surface area is 217 Å². The summed E-state index contributed by atoms with van der Waals surface area (Å²) in [4.78, 5) is 12.0. The molecule has 0 amide bonds. The molecule has 188 valence electrons. The zero-order valence-corrected chi connectivity index (χ0v) is 22.5. The Hall–Kier alpha value is -3.13. The third-order valence-electron chi connectivity index (χ3n) is 7.83. The summed E-state index contributed by atoms with van der Waals surface area (Å²) in [5, 5.41) is 0. The first-order valence-corrected chi connectivity index (χ1v) is 13.3. The van der Waals surface area contributed by atoms with Gasteiger partial charge in [-0.2, -0.15) is 0 Å². The van der Waals surface area contributed by atoms with Gasteiger partial charge in [0.25, 0.3) is 0 Å². The number of ether oxygens (including phenoxy) is 1. The van der Waals surface area contributed by atoms with E-state index in [0.29, 0.717) is 18.1 Å². The van der Waals surface area contributed by atoms with E-state index >= 15 is 0 Å². The molecule has 1 aliphatic carbocycles. The van der Waals surface area contributed by atoms with Gasteiger partial charge in [0.2, 0.25) is 0 Å². The second kappa shape index (κ2) is 10.9. The van der Waals surface area contributed by atoms with E-state index in [1.54, 1.807) is 0 Å². The Balaban J connectivity index is 1.63. The fourth-order valence-corrected chi connectivity index (χ4v) is 5.35. The fourth-order valence-electron chi connectivity index (χ4n) is 5.35. The average molecular weight is 481 g/mol. The van der Waals surface area contributed by atoms with Crippen molar-refractivity contribution in [3.05, 3.63) is 112 Å². The van der Waals surface area contributed by atoms with Crippen molar-refractivity contribution in [1.29, 1.82) is 0 Å². The number of aryl methyl sites for hydroxylation is 1. The quantitative estimate of drug-likeness (QED) is 0.302. The summed E-state index contributed by atoms with van der Waals surface area (Å²) in [6.45, 7) is 11.8. The maximum atomic E-state index is 12.0. The molecule has 4 rings (SSSR count). The Kier molecular flexibility index (Phi) is 7.83. The van der Waals surface area contributed by atoms with Crippen LogP contribution in [0.4, 0.5) is 0 Å². The topological polar surface area (TPSA) is 26.3 Å². The summed E-state index contributed by atoms with van der Waals surface area (Å²) < 4.78 is 5.12. The monoisotopic (exact) mass is 480 g/mol. The molecule has 0 aromatic heterocycles. The predicted molar refractivity (Wildman–Crippen MR) is 151 cm³/mol. The SMILES string of the molecule is CCOC(=O)c1ccc(C=CC(CCc2ccccc2)c2ccc3c(c2)C(C)(C)CCC3(C)C)cc1. The number of benzene rings is 3. The smallest absolute Gasteiger partial charge is 0.338 e. The summed E-state index contributed by atoms with van der Waals surface area (Å²) in [6, 6.07) is 25.7. The Morgan fingerprint density at radius 3 is 2.22 bits per heavy atom. The lowest BCUT2D eigenvalue weighted by atomic mass is 9.62. The molecule has 3 aromatic rings. The third kappa shape index (κ3) is 5.98. The Morgan fingerprint density at radius 1 is 0.889 bits per heavy atom. The zero-order valence-electron chi connectivity index (χ0n) is 22.5. The van der Waals surface area contributed by atoms with Crippen LogP contribution in [0.15, 0.2) is 78.9 Å². The third-order valence-corrected chi connectivity index (χ3v) is 7.83. The second-order valence-corrected chi connectivity index (χ2v) is 11.4. The number of hydrogen-bond donors (Lipinski definition) is 0. The summed E-state index contributed by atoms with van der Waals surface area (Å²) >= 11 is 0. The molecule has 0 spiro atoms. The molecule has 0 N–H and O–H groups in total. The number of fused-ring (bicyclic) bond motifs is 1. The van der Waals surface area contributed by atoms with Crippen LogP contribution in [-0.2, 0) is 22.0 Å². The molecular weight excluding hydrogens is 440 g/mol. The number of esters is 1. The van der Waals surface area contributed by atoms with Gasteiger partial charge in [-0.15, -0.1) is 0 Å². The first-order chi connectivity index (χ1) is 17.2. The minimum Gasteiger partial charge on any atom is -0.462 e. The van der Waals surface area contributed by atoms with Gasteiger partial charge in [0.1, 0.15) is 0 Å². The molecule has 1 atom stereocenters. The summed E-state index contributed by atoms with van der Waals surface area (Å²) in [7, 11) is 0. The van der Waals surface area contributed by atoms with Gasteiger partial charge in [-0.3, -0.25) is 0 Å². The number of allylic oxidation sites excluding steroid dienone is 1. The minimum atomic E-state index is -0.270. The van der Waals surface area contributed by atoms with E-state index in [0.717, 1.165) is 18.4 Å². The molecule has 0 bridgehead atoms. The van der Waals surface area contributed by atoms with Crippen LogP contribution in [0.3, 0.4) is 0 Å². The largest absolute Gasteiger partial charge is 0.462 e. The van der Waals surface area contributed by atoms with Crippen molar-refractivity contribution in [1.82, 2.24) is 0 Å². The molecule has 1 unspecified atom stereocenters. The molecule has 0 aliphatic heterocycles. The molecule has 36 heavy (non-hydrogen) atoms. The molecule has 3 aromatic carbocycles. The predicted octanol–water partition coefficient (Wildman–Crippen LogP) is 8.64. The highest BCUT2D eigenvalue weighted by molar-refractivity contribution is 5.89. The van der Waals surface area contributed by atoms with E-state index < -0.39 is 0 Å². The van der Waals surface area contributed by atoms with Crippen LogP contribution < -0.4 is 0 Å². The zero-order chi connectivity index (χ0) is 25.8. The average Bonchev–Trinajstić information content (AvgIpc) is 2.88. The first-order valence-electron chi connectivity index (χ1n) is 13.3. The fraction of sp³-hybridized carbons (Fsp3) is 0.382. The molecule has 0 fully saturated rings. The van der Waals surface area contributed by atoms with Gasteiger partial charge in [0.05, 0.1) is 12.2 Å². The van der Waals surface area contributed by atoms with Gasteiger partial charge >= 0.3 is 5.97 Å². The van der Waals surface area contributed by atoms with Crippen LogP contribution in [0, 0.1) is 0 Å². The molecule has 2 nitrogen and oxygen atoms in total. The van der Waals surface area contributed by atoms with E-state index in [2.05, 4.69) is 88.4 Å². The van der Waals surface area contributed by atoms with Crippen molar-refractivity contribution < 1.29 is 9.53 Å². The van der Waals surface area contributed by atoms with Crippen LogP contribution in [-0.4, -0.2) is 12.6 Å². The molecule has 0 saturated heterocycles. The van der Waals surface area contributed by atoms with Crippen molar-refractivity contribution >= 4 is 12.0 Å². The molecule has 0 heterocycles. The minimum absolute atomic E-state index is 0.192. The number of rotatable bonds is 8. The molecule has 2 heteroatoms. The second-order valence-electron chi connectivity index (χ2n) is 11.4. The number of carbonyl (C=O) groups excluding carboxylic acids is 1. The first kappa shape index (κ1) is 25.9. The highest BCUT2D eigenvalue weighted by Crippen LogP contribution is 2.46. The van der Waals surface area contributed by atoms with E-state index in [1.807, 2.05) is 31.2 Å². The maximum absolute atomic E-state index is 12.0. The van der Waals surface area contributed by atoms with Crippen molar-refractivity contribution in [3.63, 3.8) is 0 Å². The van der Waals surface area contributed by atoms with E-state index in [9.17, 15) is 4.79 Å². The Morgan fingerprint density at radius 2 is 1.56 bits per heavy atom. The van der Waals surface area contributed by atoms with Crippen LogP contribution in [0.2, 0.25) is 0 Å². The highest BCUT2D eigenvalue weighted by Gasteiger charge is 2.37. The molecule has 0 radical (unpaired) electrons. The van der Waals surface area contributed by atoms with Crippen molar-refractivity contribution in [2.24, 2.45) is 0 Å². The van der Waals surface area contributed by atoms with E-state index in [4.69, 9.17) is 4.74 Å². The molecular formula is C34H40O2. The highest BCUT2D eigenvalue weighted by atomic mass is 16.5. The van der Waals surface area contributed by atoms with E-state index in [1.165, 1.54) is 35.1 Å². The van der Waals surface area contributed by atoms with Crippen LogP contribution in [0.1, 0.15) is 98.0 Å². The van der Waals surface area contributed by atoms with Gasteiger partial charge in [-0.25, -0.2) is 4.79 Å². The van der Waals surface area contributed by atoms with Crippen molar-refractivity contribution in [2.75, 3.05) is 6.61 Å². The Bertz CT molecular complexity index is 1200. The van der Waals surface area contributed by atoms with Gasteiger partial charge in [-0.1, -0.05) is 101 Å². The van der Waals surface area contributed by atoms with Crippen LogP contribution in [0.25, 0.3) is 6.08 Å². The summed E-state index contributed by atoms with van der Waals surface area (Å²) in [5.41, 5.74) is 7.86. The van der Waals surface area contributed by atoms with Gasteiger partial charge < -0.3 is 4.74 Å². The summed E-state index contributed by atoms with van der Waals surface area (Å²) in [5.74, 6) is 0.0365. The molecule has 0 saturated carbocycles. The van der Waals surface area contributed by atoms with Gasteiger partial charge in [-0.05, 0) is 83.4 Å². The van der Waals surface area contributed by atoms with Crippen LogP contribution >= 0.6 is 0 Å². The normalized spacial score (nSPS) is 16.9. The van der Waals surface area contributed by atoms with E-state index in [-0.39, 0.29) is 16.8 Å². The number of hydrogen-bond acceptors (Lipinski definition) is 2. The van der Waals surface area contributed by atoms with Crippen molar-refractivity contribution in [3.8, 4) is 0 Å². The lowest BCUT2D eigenvalue weighted by Crippen LogP contribution is -2.34. The van der Waals surface area contributed by atoms with Gasteiger partial charge in [0, 0.05) is 5.92 Å².